The van der Waals surface area contributed by atoms with Crippen LogP contribution in [0.3, 0.4) is 0 Å². The molecule has 0 saturated carbocycles. The number of benzene rings is 2. The summed E-state index contributed by atoms with van der Waals surface area (Å²) < 4.78 is 5.10. The van der Waals surface area contributed by atoms with Gasteiger partial charge in [0.2, 0.25) is 0 Å². The number of hydrogen-bond donors (Lipinski definition) is 3. The SMILES string of the molecule is CCCN(CCC)C(=O)c1cccc(C(=O)N[C@@H](Cc2ccccc2)[C@H](O)CNC2CCN(C(=O)OCC)CC2)c1. The number of piperidine rings is 1. The number of ether oxygens (including phenoxy) is 1. The highest BCUT2D eigenvalue weighted by atomic mass is 16.6. The minimum absolute atomic E-state index is 0.0811. The van der Waals surface area contributed by atoms with Crippen molar-refractivity contribution in [1.82, 2.24) is 20.4 Å². The molecule has 1 heterocycles. The van der Waals surface area contributed by atoms with Gasteiger partial charge in [0, 0.05) is 49.9 Å². The van der Waals surface area contributed by atoms with Gasteiger partial charge in [-0.2, -0.15) is 0 Å². The lowest BCUT2D eigenvalue weighted by atomic mass is 9.99. The van der Waals surface area contributed by atoms with Crippen LogP contribution in [0.1, 0.15) is 72.7 Å². The molecule has 3 N–H and O–H groups in total. The summed E-state index contributed by atoms with van der Waals surface area (Å²) in [6, 6.07) is 16.1. The van der Waals surface area contributed by atoms with E-state index >= 15 is 0 Å². The molecule has 1 aliphatic heterocycles. The Balaban J connectivity index is 1.66. The Bertz CT molecular complexity index is 1100. The van der Waals surface area contributed by atoms with Crippen molar-refractivity contribution in [3.63, 3.8) is 0 Å². The fourth-order valence-electron chi connectivity index (χ4n) is 5.14. The van der Waals surface area contributed by atoms with E-state index in [2.05, 4.69) is 10.6 Å². The van der Waals surface area contributed by atoms with Crippen LogP contribution in [0.2, 0.25) is 0 Å². The molecule has 224 valence electrons. The molecular weight excluding hydrogens is 520 g/mol. The molecule has 2 aromatic rings. The van der Waals surface area contributed by atoms with E-state index in [-0.39, 0.29) is 23.9 Å². The molecule has 1 saturated heterocycles. The minimum atomic E-state index is -0.850. The highest BCUT2D eigenvalue weighted by molar-refractivity contribution is 5.99. The van der Waals surface area contributed by atoms with Crippen LogP contribution in [0.4, 0.5) is 4.79 Å². The summed E-state index contributed by atoms with van der Waals surface area (Å²) in [6.07, 6.45) is 2.57. The number of amides is 3. The predicted molar refractivity (Wildman–Crippen MR) is 160 cm³/mol. The lowest BCUT2D eigenvalue weighted by Crippen LogP contribution is -2.52. The van der Waals surface area contributed by atoms with Gasteiger partial charge in [-0.3, -0.25) is 9.59 Å². The second kappa shape index (κ2) is 16.7. The van der Waals surface area contributed by atoms with E-state index in [1.54, 1.807) is 36.1 Å². The maximum Gasteiger partial charge on any atom is 0.409 e. The fourth-order valence-corrected chi connectivity index (χ4v) is 5.14. The van der Waals surface area contributed by atoms with Crippen LogP contribution < -0.4 is 10.6 Å². The number of likely N-dealkylation sites (tertiary alicyclic amines) is 1. The number of carbonyl (C=O) groups excluding carboxylic acids is 3. The number of aliphatic hydroxyl groups excluding tert-OH is 1. The van der Waals surface area contributed by atoms with Crippen molar-refractivity contribution < 1.29 is 24.2 Å². The molecule has 1 aliphatic rings. The van der Waals surface area contributed by atoms with Crippen molar-refractivity contribution in [3.8, 4) is 0 Å². The van der Waals surface area contributed by atoms with Gasteiger partial charge in [0.05, 0.1) is 18.8 Å². The maximum atomic E-state index is 13.4. The second-order valence-electron chi connectivity index (χ2n) is 10.6. The molecule has 9 heteroatoms. The molecule has 0 bridgehead atoms. The highest BCUT2D eigenvalue weighted by Crippen LogP contribution is 2.14. The van der Waals surface area contributed by atoms with Crippen LogP contribution in [-0.2, 0) is 11.2 Å². The van der Waals surface area contributed by atoms with E-state index in [0.717, 1.165) is 31.2 Å². The number of nitrogens with zero attached hydrogens (tertiary/aromatic N) is 2. The summed E-state index contributed by atoms with van der Waals surface area (Å²) in [6.45, 7) is 9.06. The Labute approximate surface area is 244 Å². The highest BCUT2D eigenvalue weighted by Gasteiger charge is 2.27. The summed E-state index contributed by atoms with van der Waals surface area (Å²) in [5, 5.41) is 17.7. The van der Waals surface area contributed by atoms with E-state index in [9.17, 15) is 19.5 Å². The van der Waals surface area contributed by atoms with Gasteiger partial charge in [0.1, 0.15) is 0 Å². The van der Waals surface area contributed by atoms with Crippen molar-refractivity contribution in [2.75, 3.05) is 39.3 Å². The van der Waals surface area contributed by atoms with Gasteiger partial charge in [0.15, 0.2) is 0 Å². The van der Waals surface area contributed by atoms with Crippen LogP contribution in [0.15, 0.2) is 54.6 Å². The van der Waals surface area contributed by atoms with Crippen LogP contribution in [0.5, 0.6) is 0 Å². The summed E-state index contributed by atoms with van der Waals surface area (Å²) in [7, 11) is 0. The van der Waals surface area contributed by atoms with Crippen molar-refractivity contribution >= 4 is 17.9 Å². The quantitative estimate of drug-likeness (QED) is 0.320. The summed E-state index contributed by atoms with van der Waals surface area (Å²) >= 11 is 0. The molecule has 2 atom stereocenters. The molecule has 0 radical (unpaired) electrons. The summed E-state index contributed by atoms with van der Waals surface area (Å²) in [5.74, 6) is -0.415. The van der Waals surface area contributed by atoms with Gasteiger partial charge in [-0.25, -0.2) is 4.79 Å². The Morgan fingerprint density at radius 1 is 0.976 bits per heavy atom. The normalized spacial score (nSPS) is 15.2. The Kier molecular flexibility index (Phi) is 13.1. The first-order chi connectivity index (χ1) is 19.9. The molecule has 0 spiro atoms. The summed E-state index contributed by atoms with van der Waals surface area (Å²) in [4.78, 5) is 42.0. The zero-order chi connectivity index (χ0) is 29.6. The topological polar surface area (TPSA) is 111 Å². The van der Waals surface area contributed by atoms with Gasteiger partial charge in [-0.15, -0.1) is 0 Å². The molecule has 41 heavy (non-hydrogen) atoms. The Morgan fingerprint density at radius 2 is 1.63 bits per heavy atom. The van der Waals surface area contributed by atoms with Crippen molar-refractivity contribution in [1.29, 1.82) is 0 Å². The number of nitrogens with one attached hydrogen (secondary N) is 2. The van der Waals surface area contributed by atoms with Gasteiger partial charge < -0.3 is 30.3 Å². The first-order valence-corrected chi connectivity index (χ1v) is 14.9. The molecule has 1 fully saturated rings. The first kappa shape index (κ1) is 32.1. The number of carbonyl (C=O) groups is 3. The number of hydrogen-bond acceptors (Lipinski definition) is 6. The van der Waals surface area contributed by atoms with Crippen LogP contribution in [0.25, 0.3) is 0 Å². The van der Waals surface area contributed by atoms with Gasteiger partial charge >= 0.3 is 6.09 Å². The fraction of sp³-hybridized carbons (Fsp3) is 0.531. The van der Waals surface area contributed by atoms with Crippen molar-refractivity contribution in [2.45, 2.75) is 71.1 Å². The van der Waals surface area contributed by atoms with E-state index in [4.69, 9.17) is 4.74 Å². The van der Waals surface area contributed by atoms with Crippen LogP contribution >= 0.6 is 0 Å². The summed E-state index contributed by atoms with van der Waals surface area (Å²) in [5.41, 5.74) is 1.86. The Morgan fingerprint density at radius 3 is 2.27 bits per heavy atom. The zero-order valence-electron chi connectivity index (χ0n) is 24.7. The van der Waals surface area contributed by atoms with E-state index in [1.807, 2.05) is 49.1 Å². The van der Waals surface area contributed by atoms with Crippen LogP contribution in [-0.4, -0.2) is 90.3 Å². The average Bonchev–Trinajstić information content (AvgIpc) is 3.00. The monoisotopic (exact) mass is 566 g/mol. The van der Waals surface area contributed by atoms with Gasteiger partial charge in [-0.1, -0.05) is 50.2 Å². The molecular formula is C32H46N4O5. The zero-order valence-corrected chi connectivity index (χ0v) is 24.7. The third-order valence-corrected chi connectivity index (χ3v) is 7.36. The van der Waals surface area contributed by atoms with Gasteiger partial charge in [0.25, 0.3) is 11.8 Å². The Hall–Kier alpha value is -3.43. The average molecular weight is 567 g/mol. The smallest absolute Gasteiger partial charge is 0.409 e. The number of aliphatic hydroxyl groups is 1. The molecule has 0 unspecified atom stereocenters. The standard InChI is InChI=1S/C32H46N4O5/c1-4-17-35(18-5-2)31(39)26-14-10-13-25(22-26)30(38)34-28(21-24-11-8-7-9-12-24)29(37)23-33-27-15-19-36(20-16-27)32(40)41-6-3/h7-14,22,27-29,33,37H,4-6,15-21,23H2,1-3H3,(H,34,38)/t28-,29+/m0/s1. The lowest BCUT2D eigenvalue weighted by molar-refractivity contribution is 0.0755. The third-order valence-electron chi connectivity index (χ3n) is 7.36. The molecule has 2 aromatic carbocycles. The van der Waals surface area contributed by atoms with E-state index in [1.165, 1.54) is 0 Å². The predicted octanol–water partition coefficient (Wildman–Crippen LogP) is 3.86. The van der Waals surface area contributed by atoms with Gasteiger partial charge in [-0.05, 0) is 62.8 Å². The van der Waals surface area contributed by atoms with Crippen LogP contribution in [0, 0.1) is 0 Å². The third kappa shape index (κ3) is 9.86. The lowest BCUT2D eigenvalue weighted by Gasteiger charge is -2.33. The molecule has 3 rings (SSSR count). The molecule has 0 aliphatic carbocycles. The molecule has 9 nitrogen and oxygen atoms in total. The van der Waals surface area contributed by atoms with E-state index in [0.29, 0.717) is 56.9 Å². The molecule has 0 aromatic heterocycles. The van der Waals surface area contributed by atoms with Crippen molar-refractivity contribution in [2.24, 2.45) is 0 Å². The number of rotatable bonds is 14. The second-order valence-corrected chi connectivity index (χ2v) is 10.6. The largest absolute Gasteiger partial charge is 0.450 e. The maximum absolute atomic E-state index is 13.4. The molecule has 3 amide bonds. The van der Waals surface area contributed by atoms with E-state index < -0.39 is 12.1 Å². The van der Waals surface area contributed by atoms with Crippen molar-refractivity contribution in [3.05, 3.63) is 71.3 Å². The first-order valence-electron chi connectivity index (χ1n) is 14.9. The minimum Gasteiger partial charge on any atom is -0.450 e.